The fourth-order valence-corrected chi connectivity index (χ4v) is 5.45. The van der Waals surface area contributed by atoms with Crippen LogP contribution in [0.4, 0.5) is 0 Å². The Kier molecular flexibility index (Phi) is 4.09. The van der Waals surface area contributed by atoms with Crippen molar-refractivity contribution >= 4 is 18.6 Å². The topological polar surface area (TPSA) is 3.24 Å². The monoisotopic (exact) mass is 193 g/mol. The molecule has 0 rings (SSSR count). The zero-order valence-corrected chi connectivity index (χ0v) is 10.2. The Labute approximate surface area is 76.5 Å². The first-order valence-electron chi connectivity index (χ1n) is 4.24. The van der Waals surface area contributed by atoms with Crippen LogP contribution in [0.2, 0.25) is 13.1 Å². The summed E-state index contributed by atoms with van der Waals surface area (Å²) in [6, 6.07) is 1.13. The highest BCUT2D eigenvalue weighted by Gasteiger charge is 2.31. The summed E-state index contributed by atoms with van der Waals surface area (Å²) < 4.78 is 2.43. The zero-order chi connectivity index (χ0) is 9.23. The summed E-state index contributed by atoms with van der Waals surface area (Å²) in [4.78, 5) is 0. The van der Waals surface area contributed by atoms with Crippen molar-refractivity contribution in [2.75, 3.05) is 0 Å². The lowest BCUT2D eigenvalue weighted by atomic mass is 10.3. The van der Waals surface area contributed by atoms with Gasteiger partial charge in [0.25, 0.3) is 0 Å². The molecule has 1 nitrogen and oxygen atoms in total. The van der Waals surface area contributed by atoms with Crippen LogP contribution in [0.25, 0.3) is 0 Å². The molecule has 0 bridgehead atoms. The van der Waals surface area contributed by atoms with E-state index in [0.717, 1.165) is 0 Å². The van der Waals surface area contributed by atoms with E-state index in [4.69, 9.17) is 11.1 Å². The Morgan fingerprint density at radius 2 is 1.27 bits per heavy atom. The highest BCUT2D eigenvalue weighted by Crippen LogP contribution is 2.20. The van der Waals surface area contributed by atoms with Gasteiger partial charge < -0.3 is 4.57 Å². The van der Waals surface area contributed by atoms with Crippen LogP contribution in [0.5, 0.6) is 0 Å². The van der Waals surface area contributed by atoms with Crippen LogP contribution in [0.1, 0.15) is 27.7 Å². The molecule has 0 saturated carbocycles. The molecule has 0 aliphatic rings. The van der Waals surface area contributed by atoms with Gasteiger partial charge in [0.15, 0.2) is 0 Å². The molecule has 0 spiro atoms. The lowest BCUT2D eigenvalue weighted by Gasteiger charge is -2.38. The Morgan fingerprint density at radius 1 is 1.00 bits per heavy atom. The molecule has 0 saturated heterocycles. The number of hydrogen-bond acceptors (Lipinski definition) is 1. The van der Waals surface area contributed by atoms with E-state index in [1.807, 2.05) is 0 Å². The normalized spacial score (nSPS) is 13.6. The van der Waals surface area contributed by atoms with Crippen LogP contribution >= 0.6 is 11.1 Å². The quantitative estimate of drug-likeness (QED) is 0.492. The second-order valence-electron chi connectivity index (χ2n) is 4.00. The van der Waals surface area contributed by atoms with Gasteiger partial charge in [-0.2, -0.15) is 0 Å². The molecule has 0 radical (unpaired) electrons. The summed E-state index contributed by atoms with van der Waals surface area (Å²) >= 11 is 6.35. The molecule has 0 aromatic heterocycles. The molecule has 0 heterocycles. The smallest absolute Gasteiger partial charge is 0.223 e. The summed E-state index contributed by atoms with van der Waals surface area (Å²) in [5.41, 5.74) is 0. The molecule has 68 valence electrons. The molecule has 0 unspecified atom stereocenters. The van der Waals surface area contributed by atoms with Crippen LogP contribution in [0.3, 0.4) is 0 Å². The average molecular weight is 194 g/mol. The summed E-state index contributed by atoms with van der Waals surface area (Å²) in [6.07, 6.45) is 0. The summed E-state index contributed by atoms with van der Waals surface area (Å²) in [6.45, 7) is 13.2. The molecule has 0 aromatic carbocycles. The summed E-state index contributed by atoms with van der Waals surface area (Å²) in [7, 11) is -1.61. The Bertz CT molecular complexity index is 110. The zero-order valence-electron chi connectivity index (χ0n) is 8.48. The molecule has 0 aliphatic carbocycles. The maximum atomic E-state index is 6.35. The minimum Gasteiger partial charge on any atom is -0.307 e. The third kappa shape index (κ3) is 3.59. The van der Waals surface area contributed by atoms with Gasteiger partial charge in [-0.25, -0.2) is 0 Å². The maximum absolute atomic E-state index is 6.35. The van der Waals surface area contributed by atoms with Crippen molar-refractivity contribution in [1.82, 2.24) is 4.57 Å². The van der Waals surface area contributed by atoms with Gasteiger partial charge in [0, 0.05) is 0 Å². The van der Waals surface area contributed by atoms with Gasteiger partial charge >= 0.3 is 0 Å². The van der Waals surface area contributed by atoms with Crippen molar-refractivity contribution in [3.05, 3.63) is 0 Å². The van der Waals surface area contributed by atoms with Crippen LogP contribution in [-0.2, 0) is 0 Å². The SMILES string of the molecule is CC(C)N(C(C)C)[Si](C)(C)Cl. The maximum Gasteiger partial charge on any atom is 0.223 e. The lowest BCUT2D eigenvalue weighted by Crippen LogP contribution is -2.52. The van der Waals surface area contributed by atoms with Gasteiger partial charge in [-0.1, -0.05) is 27.7 Å². The van der Waals surface area contributed by atoms with E-state index in [-0.39, 0.29) is 0 Å². The van der Waals surface area contributed by atoms with Crippen molar-refractivity contribution in [2.24, 2.45) is 0 Å². The second kappa shape index (κ2) is 3.92. The average Bonchev–Trinajstić information content (AvgIpc) is 1.54. The molecular formula is C8H20ClNSi. The first kappa shape index (κ1) is 11.5. The second-order valence-corrected chi connectivity index (χ2v) is 10.1. The Hall–Kier alpha value is 0.467. The van der Waals surface area contributed by atoms with Crippen molar-refractivity contribution in [3.63, 3.8) is 0 Å². The lowest BCUT2D eigenvalue weighted by molar-refractivity contribution is 0.302. The number of hydrogen-bond donors (Lipinski definition) is 0. The molecular weight excluding hydrogens is 174 g/mol. The highest BCUT2D eigenvalue weighted by atomic mass is 35.6. The van der Waals surface area contributed by atoms with E-state index in [0.29, 0.717) is 12.1 Å². The Balaban J connectivity index is 4.35. The standard InChI is InChI=1S/C8H20ClNSi/c1-7(2)10(8(3)4)11(5,6)9/h7-8H,1-6H3. The van der Waals surface area contributed by atoms with E-state index >= 15 is 0 Å². The molecule has 0 atom stereocenters. The van der Waals surface area contributed by atoms with Crippen molar-refractivity contribution in [1.29, 1.82) is 0 Å². The third-order valence-corrected chi connectivity index (χ3v) is 4.57. The number of nitrogens with zero attached hydrogens (tertiary/aromatic N) is 1. The van der Waals surface area contributed by atoms with E-state index in [1.165, 1.54) is 0 Å². The molecule has 11 heavy (non-hydrogen) atoms. The van der Waals surface area contributed by atoms with E-state index in [9.17, 15) is 0 Å². The van der Waals surface area contributed by atoms with E-state index in [1.54, 1.807) is 0 Å². The number of rotatable bonds is 3. The predicted molar refractivity (Wildman–Crippen MR) is 55.4 cm³/mol. The third-order valence-electron chi connectivity index (χ3n) is 1.73. The van der Waals surface area contributed by atoms with Gasteiger partial charge in [0.1, 0.15) is 0 Å². The molecule has 0 aliphatic heterocycles. The highest BCUT2D eigenvalue weighted by molar-refractivity contribution is 7.17. The fourth-order valence-electron chi connectivity index (χ4n) is 1.82. The molecule has 3 heteroatoms. The fraction of sp³-hybridized carbons (Fsp3) is 1.00. The minimum atomic E-state index is -1.61. The first-order valence-corrected chi connectivity index (χ1v) is 8.20. The Morgan fingerprint density at radius 3 is 1.27 bits per heavy atom. The van der Waals surface area contributed by atoms with Gasteiger partial charge in [-0.3, -0.25) is 0 Å². The van der Waals surface area contributed by atoms with Crippen LogP contribution in [-0.4, -0.2) is 24.2 Å². The van der Waals surface area contributed by atoms with E-state index < -0.39 is 7.55 Å². The molecule has 0 amide bonds. The first-order chi connectivity index (χ1) is 4.76. The molecule has 0 fully saturated rings. The van der Waals surface area contributed by atoms with Crippen LogP contribution in [0.15, 0.2) is 0 Å². The van der Waals surface area contributed by atoms with Gasteiger partial charge in [0.2, 0.25) is 7.55 Å². The largest absolute Gasteiger partial charge is 0.307 e. The van der Waals surface area contributed by atoms with Crippen LogP contribution in [0, 0.1) is 0 Å². The molecule has 0 N–H and O–H groups in total. The van der Waals surface area contributed by atoms with Gasteiger partial charge in [0.05, 0.1) is 0 Å². The summed E-state index contributed by atoms with van der Waals surface area (Å²) in [5, 5.41) is 0. The van der Waals surface area contributed by atoms with Gasteiger partial charge in [-0.05, 0) is 25.2 Å². The number of halogens is 1. The van der Waals surface area contributed by atoms with Crippen molar-refractivity contribution in [3.8, 4) is 0 Å². The van der Waals surface area contributed by atoms with Crippen LogP contribution < -0.4 is 0 Å². The van der Waals surface area contributed by atoms with Crippen molar-refractivity contribution in [2.45, 2.75) is 52.9 Å². The minimum absolute atomic E-state index is 0.564. The van der Waals surface area contributed by atoms with Crippen molar-refractivity contribution < 1.29 is 0 Å². The predicted octanol–water partition coefficient (Wildman–Crippen LogP) is 3.05. The molecule has 0 aromatic rings. The van der Waals surface area contributed by atoms with Gasteiger partial charge in [-0.15, -0.1) is 11.1 Å². The van der Waals surface area contributed by atoms with E-state index in [2.05, 4.69) is 45.4 Å². The summed E-state index contributed by atoms with van der Waals surface area (Å²) in [5.74, 6) is 0.